The van der Waals surface area contributed by atoms with Gasteiger partial charge >= 0.3 is 0 Å². The molecule has 0 aliphatic rings. The highest BCUT2D eigenvalue weighted by Gasteiger charge is 2.16. The van der Waals surface area contributed by atoms with E-state index in [1.165, 1.54) is 5.56 Å². The fraction of sp³-hybridized carbons (Fsp3) is 0.625. The predicted molar refractivity (Wildman–Crippen MR) is 79.3 cm³/mol. The lowest BCUT2D eigenvalue weighted by Crippen LogP contribution is -2.36. The first kappa shape index (κ1) is 16.2. The van der Waals surface area contributed by atoms with Crippen molar-refractivity contribution < 1.29 is 10.2 Å². The van der Waals surface area contributed by atoms with E-state index in [2.05, 4.69) is 31.3 Å². The molecule has 0 spiro atoms. The van der Waals surface area contributed by atoms with Crippen LogP contribution in [0, 0.1) is 0 Å². The first-order chi connectivity index (χ1) is 8.95. The molecule has 3 N–H and O–H groups in total. The van der Waals surface area contributed by atoms with Gasteiger partial charge in [-0.3, -0.25) is 0 Å². The second kappa shape index (κ2) is 7.63. The first-order valence-corrected chi connectivity index (χ1v) is 7.15. The minimum absolute atomic E-state index is 0.0796. The second-order valence-corrected chi connectivity index (χ2v) is 5.47. The number of nitrogens with one attached hydrogen (secondary N) is 1. The van der Waals surface area contributed by atoms with Crippen molar-refractivity contribution >= 4 is 0 Å². The van der Waals surface area contributed by atoms with E-state index in [0.29, 0.717) is 12.5 Å². The predicted octanol–water partition coefficient (Wildman–Crippen LogP) is 2.59. The van der Waals surface area contributed by atoms with Crippen LogP contribution in [-0.4, -0.2) is 28.9 Å². The number of rotatable bonds is 7. The lowest BCUT2D eigenvalue weighted by molar-refractivity contribution is 0.121. The molecule has 0 bridgehead atoms. The van der Waals surface area contributed by atoms with Gasteiger partial charge in [0, 0.05) is 12.6 Å². The highest BCUT2D eigenvalue weighted by Crippen LogP contribution is 2.22. The Labute approximate surface area is 116 Å². The lowest BCUT2D eigenvalue weighted by atomic mass is 9.95. The van der Waals surface area contributed by atoms with Crippen LogP contribution in [0.4, 0.5) is 0 Å². The maximum absolute atomic E-state index is 10.2. The second-order valence-electron chi connectivity index (χ2n) is 5.47. The average Bonchev–Trinajstić information content (AvgIpc) is 2.43. The highest BCUT2D eigenvalue weighted by molar-refractivity contribution is 5.27. The van der Waals surface area contributed by atoms with Gasteiger partial charge in [0.25, 0.3) is 0 Å². The van der Waals surface area contributed by atoms with Crippen molar-refractivity contribution in [2.45, 2.75) is 58.3 Å². The molecule has 0 radical (unpaired) electrons. The van der Waals surface area contributed by atoms with Crippen LogP contribution in [0.2, 0.25) is 0 Å². The zero-order chi connectivity index (χ0) is 14.4. The molecular weight excluding hydrogens is 238 g/mol. The molecule has 0 saturated carbocycles. The summed E-state index contributed by atoms with van der Waals surface area (Å²) in [6, 6.07) is 8.09. The number of hydrogen-bond acceptors (Lipinski definition) is 3. The Kier molecular flexibility index (Phi) is 6.49. The summed E-state index contributed by atoms with van der Waals surface area (Å²) in [5, 5.41) is 22.6. The molecule has 0 heterocycles. The molecule has 3 heteroatoms. The van der Waals surface area contributed by atoms with Crippen molar-refractivity contribution in [2.24, 2.45) is 0 Å². The molecule has 4 unspecified atom stereocenters. The van der Waals surface area contributed by atoms with Gasteiger partial charge in [0.2, 0.25) is 0 Å². The number of hydrogen-bond donors (Lipinski definition) is 3. The molecule has 1 aromatic rings. The third kappa shape index (κ3) is 4.94. The summed E-state index contributed by atoms with van der Waals surface area (Å²) < 4.78 is 0. The average molecular weight is 265 g/mol. The minimum atomic E-state index is -0.551. The molecule has 0 aliphatic heterocycles. The molecule has 0 saturated heterocycles. The number of benzene rings is 1. The summed E-state index contributed by atoms with van der Waals surface area (Å²) in [5.74, 6) is 0.553. The van der Waals surface area contributed by atoms with Crippen LogP contribution in [0.3, 0.4) is 0 Å². The summed E-state index contributed by atoms with van der Waals surface area (Å²) in [4.78, 5) is 0. The fourth-order valence-electron chi connectivity index (χ4n) is 2.01. The lowest BCUT2D eigenvalue weighted by Gasteiger charge is -2.22. The van der Waals surface area contributed by atoms with Crippen LogP contribution in [-0.2, 0) is 0 Å². The van der Waals surface area contributed by atoms with Gasteiger partial charge in [-0.2, -0.15) is 0 Å². The fourth-order valence-corrected chi connectivity index (χ4v) is 2.01. The van der Waals surface area contributed by atoms with Gasteiger partial charge in [-0.05, 0) is 37.3 Å². The third-order valence-electron chi connectivity index (χ3n) is 3.67. The van der Waals surface area contributed by atoms with Crippen molar-refractivity contribution in [1.29, 1.82) is 0 Å². The number of aliphatic hydroxyl groups excluding tert-OH is 2. The van der Waals surface area contributed by atoms with E-state index in [9.17, 15) is 10.2 Å². The van der Waals surface area contributed by atoms with Crippen LogP contribution < -0.4 is 5.32 Å². The van der Waals surface area contributed by atoms with Crippen molar-refractivity contribution in [2.75, 3.05) is 6.54 Å². The van der Waals surface area contributed by atoms with E-state index in [1.54, 1.807) is 6.92 Å². The molecule has 4 atom stereocenters. The van der Waals surface area contributed by atoms with Crippen LogP contribution >= 0.6 is 0 Å². The molecule has 0 aliphatic carbocycles. The Balaban J connectivity index is 2.64. The Bertz CT molecular complexity index is 362. The van der Waals surface area contributed by atoms with E-state index in [0.717, 1.165) is 12.0 Å². The Hall–Kier alpha value is -0.900. The van der Waals surface area contributed by atoms with Gasteiger partial charge in [0.05, 0.1) is 12.2 Å². The van der Waals surface area contributed by atoms with Crippen LogP contribution in [0.15, 0.2) is 24.3 Å². The topological polar surface area (TPSA) is 52.5 Å². The molecule has 1 aromatic carbocycles. The molecule has 1 rings (SSSR count). The van der Waals surface area contributed by atoms with Gasteiger partial charge in [0.1, 0.15) is 0 Å². The van der Waals surface area contributed by atoms with Crippen LogP contribution in [0.25, 0.3) is 0 Å². The maximum atomic E-state index is 10.2. The number of aliphatic hydroxyl groups is 2. The van der Waals surface area contributed by atoms with Crippen molar-refractivity contribution in [3.05, 3.63) is 35.4 Å². The van der Waals surface area contributed by atoms with E-state index >= 15 is 0 Å². The van der Waals surface area contributed by atoms with E-state index in [4.69, 9.17) is 0 Å². The molecule has 0 fully saturated rings. The zero-order valence-corrected chi connectivity index (χ0v) is 12.4. The normalized spacial score (nSPS) is 17.8. The standard InChI is InChI=1S/C16H27NO2/c1-5-11(2)14-6-8-15(9-7-14)16(19)13(4)17-10-12(3)18/h6-9,11-13,16-19H,5,10H2,1-4H3. The van der Waals surface area contributed by atoms with Gasteiger partial charge in [0.15, 0.2) is 0 Å². The molecule has 19 heavy (non-hydrogen) atoms. The molecular formula is C16H27NO2. The van der Waals surface area contributed by atoms with Crippen molar-refractivity contribution in [3.8, 4) is 0 Å². The van der Waals surface area contributed by atoms with Gasteiger partial charge in [-0.25, -0.2) is 0 Å². The molecule has 3 nitrogen and oxygen atoms in total. The largest absolute Gasteiger partial charge is 0.392 e. The van der Waals surface area contributed by atoms with Crippen LogP contribution in [0.5, 0.6) is 0 Å². The Morgan fingerprint density at radius 2 is 1.53 bits per heavy atom. The van der Waals surface area contributed by atoms with Crippen molar-refractivity contribution in [1.82, 2.24) is 5.32 Å². The molecule has 0 amide bonds. The smallest absolute Gasteiger partial charge is 0.0940 e. The van der Waals surface area contributed by atoms with E-state index in [-0.39, 0.29) is 6.04 Å². The first-order valence-electron chi connectivity index (χ1n) is 7.15. The quantitative estimate of drug-likeness (QED) is 0.710. The van der Waals surface area contributed by atoms with Gasteiger partial charge in [-0.1, -0.05) is 38.1 Å². The van der Waals surface area contributed by atoms with Gasteiger partial charge in [-0.15, -0.1) is 0 Å². The summed E-state index contributed by atoms with van der Waals surface area (Å²) >= 11 is 0. The highest BCUT2D eigenvalue weighted by atomic mass is 16.3. The maximum Gasteiger partial charge on any atom is 0.0940 e. The van der Waals surface area contributed by atoms with Crippen molar-refractivity contribution in [3.63, 3.8) is 0 Å². The molecule has 0 aromatic heterocycles. The SMILES string of the molecule is CCC(C)c1ccc(C(O)C(C)NCC(C)O)cc1. The van der Waals surface area contributed by atoms with Crippen LogP contribution in [0.1, 0.15) is 57.3 Å². The summed E-state index contributed by atoms with van der Waals surface area (Å²) in [6.45, 7) is 8.53. The molecule has 108 valence electrons. The summed E-state index contributed by atoms with van der Waals surface area (Å²) in [6.07, 6.45) is 0.168. The Morgan fingerprint density at radius 3 is 2.00 bits per heavy atom. The Morgan fingerprint density at radius 1 is 1.00 bits per heavy atom. The minimum Gasteiger partial charge on any atom is -0.392 e. The summed E-state index contributed by atoms with van der Waals surface area (Å²) in [5.41, 5.74) is 2.22. The monoisotopic (exact) mass is 265 g/mol. The third-order valence-corrected chi connectivity index (χ3v) is 3.67. The zero-order valence-electron chi connectivity index (χ0n) is 12.4. The summed E-state index contributed by atoms with van der Waals surface area (Å²) in [7, 11) is 0. The van der Waals surface area contributed by atoms with E-state index < -0.39 is 12.2 Å². The van der Waals surface area contributed by atoms with Gasteiger partial charge < -0.3 is 15.5 Å². The van der Waals surface area contributed by atoms with E-state index in [1.807, 2.05) is 19.1 Å².